The van der Waals surface area contributed by atoms with Crippen molar-refractivity contribution in [1.82, 2.24) is 20.2 Å². The average molecular weight is 435 g/mol. The van der Waals surface area contributed by atoms with Gasteiger partial charge in [0.1, 0.15) is 11.4 Å². The summed E-state index contributed by atoms with van der Waals surface area (Å²) >= 11 is 5.91. The van der Waals surface area contributed by atoms with Gasteiger partial charge in [0.15, 0.2) is 0 Å². The van der Waals surface area contributed by atoms with Crippen molar-refractivity contribution in [2.75, 3.05) is 0 Å². The topological polar surface area (TPSA) is 76.0 Å². The van der Waals surface area contributed by atoms with Crippen LogP contribution in [0.1, 0.15) is 52.7 Å². The SMILES string of the molecule is Cc1cnc2n1-c1ccccc1CCC2NC(=O)C1(NC(=O)c2ccc(Cl)cc2)CC1. The summed E-state index contributed by atoms with van der Waals surface area (Å²) in [6.45, 7) is 2.02. The van der Waals surface area contributed by atoms with E-state index in [0.717, 1.165) is 30.0 Å². The Morgan fingerprint density at radius 1 is 1.13 bits per heavy atom. The van der Waals surface area contributed by atoms with Crippen LogP contribution in [0.2, 0.25) is 5.02 Å². The smallest absolute Gasteiger partial charge is 0.252 e. The van der Waals surface area contributed by atoms with Gasteiger partial charge in [0, 0.05) is 22.5 Å². The molecule has 0 radical (unpaired) electrons. The highest BCUT2D eigenvalue weighted by atomic mass is 35.5. The van der Waals surface area contributed by atoms with Crippen LogP contribution in [0.3, 0.4) is 0 Å². The summed E-state index contributed by atoms with van der Waals surface area (Å²) in [5.74, 6) is 0.406. The van der Waals surface area contributed by atoms with Crippen LogP contribution in [0.25, 0.3) is 5.69 Å². The Bertz CT molecular complexity index is 1160. The van der Waals surface area contributed by atoms with E-state index in [-0.39, 0.29) is 17.9 Å². The summed E-state index contributed by atoms with van der Waals surface area (Å²) in [5.41, 5.74) is 3.00. The third kappa shape index (κ3) is 3.61. The van der Waals surface area contributed by atoms with Gasteiger partial charge in [-0.3, -0.25) is 14.2 Å². The van der Waals surface area contributed by atoms with Crippen molar-refractivity contribution in [1.29, 1.82) is 0 Å². The third-order valence-corrected chi connectivity index (χ3v) is 6.41. The van der Waals surface area contributed by atoms with Crippen LogP contribution < -0.4 is 10.6 Å². The summed E-state index contributed by atoms with van der Waals surface area (Å²) in [5, 5.41) is 6.67. The van der Waals surface area contributed by atoms with E-state index in [4.69, 9.17) is 11.6 Å². The number of rotatable bonds is 4. The highest BCUT2D eigenvalue weighted by Gasteiger charge is 2.52. The number of fused-ring (bicyclic) bond motifs is 3. The Balaban J connectivity index is 1.36. The van der Waals surface area contributed by atoms with Crippen LogP contribution in [0.5, 0.6) is 0 Å². The van der Waals surface area contributed by atoms with Gasteiger partial charge in [-0.05, 0) is 68.5 Å². The molecule has 3 aromatic rings. The molecule has 0 spiro atoms. The fourth-order valence-electron chi connectivity index (χ4n) is 4.24. The lowest BCUT2D eigenvalue weighted by Crippen LogP contribution is -2.50. The summed E-state index contributed by atoms with van der Waals surface area (Å²) in [4.78, 5) is 30.5. The van der Waals surface area contributed by atoms with Crippen LogP contribution >= 0.6 is 11.6 Å². The number of amides is 2. The number of hydrogen-bond acceptors (Lipinski definition) is 3. The molecule has 2 N–H and O–H groups in total. The van der Waals surface area contributed by atoms with Crippen molar-refractivity contribution in [2.45, 2.75) is 44.2 Å². The van der Waals surface area contributed by atoms with Gasteiger partial charge in [0.2, 0.25) is 5.91 Å². The molecule has 1 aromatic heterocycles. The first-order valence-corrected chi connectivity index (χ1v) is 10.9. The van der Waals surface area contributed by atoms with E-state index < -0.39 is 5.54 Å². The van der Waals surface area contributed by atoms with E-state index in [1.165, 1.54) is 5.56 Å². The zero-order valence-electron chi connectivity index (χ0n) is 17.2. The molecule has 158 valence electrons. The molecule has 7 heteroatoms. The van der Waals surface area contributed by atoms with Crippen molar-refractivity contribution < 1.29 is 9.59 Å². The molecule has 0 saturated heterocycles. The number of carbonyl (C=O) groups is 2. The second kappa shape index (κ2) is 7.54. The number of aromatic nitrogens is 2. The number of para-hydroxylation sites is 1. The van der Waals surface area contributed by atoms with E-state index in [2.05, 4.69) is 32.3 Å². The van der Waals surface area contributed by atoms with Gasteiger partial charge in [-0.15, -0.1) is 0 Å². The minimum atomic E-state index is -0.859. The maximum atomic E-state index is 13.2. The molecule has 2 aromatic carbocycles. The Morgan fingerprint density at radius 3 is 2.61 bits per heavy atom. The van der Waals surface area contributed by atoms with Crippen molar-refractivity contribution in [3.05, 3.63) is 82.4 Å². The molecule has 6 nitrogen and oxygen atoms in total. The molecule has 1 aliphatic carbocycles. The van der Waals surface area contributed by atoms with Gasteiger partial charge >= 0.3 is 0 Å². The van der Waals surface area contributed by atoms with Gasteiger partial charge in [-0.1, -0.05) is 29.8 Å². The quantitative estimate of drug-likeness (QED) is 0.653. The largest absolute Gasteiger partial charge is 0.344 e. The lowest BCUT2D eigenvalue weighted by atomic mass is 10.0. The standard InChI is InChI=1S/C24H23ClN4O2/c1-15-14-26-21-19(11-8-16-4-2-3-5-20(16)29(15)21)27-23(31)24(12-13-24)28-22(30)17-6-9-18(25)10-7-17/h2-7,9-10,14,19H,8,11-13H2,1H3,(H,27,31)(H,28,30). The van der Waals surface area contributed by atoms with Crippen molar-refractivity contribution in [3.63, 3.8) is 0 Å². The molecule has 1 aliphatic heterocycles. The molecule has 0 bridgehead atoms. The molecule has 2 heterocycles. The fraction of sp³-hybridized carbons (Fsp3) is 0.292. The molecule has 1 unspecified atom stereocenters. The van der Waals surface area contributed by atoms with Crippen LogP contribution in [-0.4, -0.2) is 26.9 Å². The minimum absolute atomic E-state index is 0.155. The monoisotopic (exact) mass is 434 g/mol. The van der Waals surface area contributed by atoms with Crippen LogP contribution in [0.4, 0.5) is 0 Å². The maximum absolute atomic E-state index is 13.2. The van der Waals surface area contributed by atoms with Gasteiger partial charge < -0.3 is 10.6 Å². The lowest BCUT2D eigenvalue weighted by molar-refractivity contribution is -0.124. The first-order chi connectivity index (χ1) is 15.0. The fourth-order valence-corrected chi connectivity index (χ4v) is 4.37. The molecule has 2 amide bonds. The summed E-state index contributed by atoms with van der Waals surface area (Å²) < 4.78 is 2.12. The van der Waals surface area contributed by atoms with E-state index in [1.807, 2.05) is 25.3 Å². The lowest BCUT2D eigenvalue weighted by Gasteiger charge is -2.22. The van der Waals surface area contributed by atoms with E-state index in [1.54, 1.807) is 24.3 Å². The number of nitrogens with zero attached hydrogens (tertiary/aromatic N) is 2. The zero-order chi connectivity index (χ0) is 21.6. The number of benzene rings is 2. The average Bonchev–Trinajstić information content (AvgIpc) is 3.48. The molecule has 31 heavy (non-hydrogen) atoms. The minimum Gasteiger partial charge on any atom is -0.344 e. The Kier molecular flexibility index (Phi) is 4.82. The van der Waals surface area contributed by atoms with Crippen molar-refractivity contribution in [2.24, 2.45) is 0 Å². The predicted octanol–water partition coefficient (Wildman–Crippen LogP) is 3.90. The van der Waals surface area contributed by atoms with Crippen LogP contribution in [-0.2, 0) is 11.2 Å². The third-order valence-electron chi connectivity index (χ3n) is 6.16. The van der Waals surface area contributed by atoms with Crippen LogP contribution in [0.15, 0.2) is 54.7 Å². The van der Waals surface area contributed by atoms with Gasteiger partial charge in [-0.2, -0.15) is 0 Å². The predicted molar refractivity (Wildman–Crippen MR) is 118 cm³/mol. The molecule has 5 rings (SSSR count). The number of carbonyl (C=O) groups excluding carboxylic acids is 2. The molecule has 2 aliphatic rings. The highest BCUT2D eigenvalue weighted by Crippen LogP contribution is 2.38. The molecular weight excluding hydrogens is 412 g/mol. The van der Waals surface area contributed by atoms with E-state index in [9.17, 15) is 9.59 Å². The zero-order valence-corrected chi connectivity index (χ0v) is 17.9. The second-order valence-corrected chi connectivity index (χ2v) is 8.77. The number of imidazole rings is 1. The first-order valence-electron chi connectivity index (χ1n) is 10.5. The molecular formula is C24H23ClN4O2. The normalized spacial score (nSPS) is 18.3. The number of halogens is 1. The number of nitrogens with one attached hydrogen (secondary N) is 2. The Morgan fingerprint density at radius 2 is 1.87 bits per heavy atom. The molecule has 1 saturated carbocycles. The van der Waals surface area contributed by atoms with E-state index in [0.29, 0.717) is 23.4 Å². The molecule has 1 fully saturated rings. The Hall–Kier alpha value is -3.12. The van der Waals surface area contributed by atoms with E-state index >= 15 is 0 Å². The second-order valence-electron chi connectivity index (χ2n) is 8.33. The number of hydrogen-bond donors (Lipinski definition) is 2. The Labute approximate surface area is 185 Å². The van der Waals surface area contributed by atoms with Crippen molar-refractivity contribution >= 4 is 23.4 Å². The highest BCUT2D eigenvalue weighted by molar-refractivity contribution is 6.30. The first kappa shape index (κ1) is 19.8. The van der Waals surface area contributed by atoms with Gasteiger partial charge in [-0.25, -0.2) is 4.98 Å². The summed E-state index contributed by atoms with van der Waals surface area (Å²) in [7, 11) is 0. The maximum Gasteiger partial charge on any atom is 0.252 e. The molecule has 1 atom stereocenters. The number of aryl methyl sites for hydroxylation is 2. The van der Waals surface area contributed by atoms with Crippen molar-refractivity contribution in [3.8, 4) is 5.69 Å². The van der Waals surface area contributed by atoms with Crippen LogP contribution in [0, 0.1) is 6.92 Å². The van der Waals surface area contributed by atoms with Gasteiger partial charge in [0.25, 0.3) is 5.91 Å². The summed E-state index contributed by atoms with van der Waals surface area (Å²) in [6.07, 6.45) is 4.68. The van der Waals surface area contributed by atoms with Gasteiger partial charge in [0.05, 0.1) is 11.7 Å². The summed E-state index contributed by atoms with van der Waals surface area (Å²) in [6, 6.07) is 14.7.